The van der Waals surface area contributed by atoms with Crippen LogP contribution in [0.5, 0.6) is 0 Å². The Morgan fingerprint density at radius 3 is 2.42 bits per heavy atom. The van der Waals surface area contributed by atoms with Crippen molar-refractivity contribution >= 4 is 11.9 Å². The lowest BCUT2D eigenvalue weighted by Crippen LogP contribution is -2.55. The lowest BCUT2D eigenvalue weighted by molar-refractivity contribution is -0.135. The quantitative estimate of drug-likeness (QED) is 0.767. The fourth-order valence-electron chi connectivity index (χ4n) is 3.99. The van der Waals surface area contributed by atoms with E-state index in [2.05, 4.69) is 5.32 Å². The summed E-state index contributed by atoms with van der Waals surface area (Å²) in [5.41, 5.74) is -0.542. The number of imide groups is 1. The van der Waals surface area contributed by atoms with Gasteiger partial charge in [-0.2, -0.15) is 0 Å². The van der Waals surface area contributed by atoms with Crippen molar-refractivity contribution < 1.29 is 9.59 Å². The minimum Gasteiger partial charge on any atom is -0.317 e. The number of hydrogen-bond acceptors (Lipinski definition) is 3. The number of carbonyl (C=O) groups excluding carboxylic acids is 2. The van der Waals surface area contributed by atoms with Gasteiger partial charge in [0.1, 0.15) is 5.54 Å². The standard InChI is InChI=1S/C14H23N3O2/c1-2-16-13(19)17(11-5-3-4-6-11)12(18)14(16)7-9-15-10-8-14/h11,15H,2-10H2,1H3. The summed E-state index contributed by atoms with van der Waals surface area (Å²) in [5.74, 6) is 0.0766. The molecule has 1 aliphatic carbocycles. The van der Waals surface area contributed by atoms with Gasteiger partial charge in [-0.1, -0.05) is 12.8 Å². The molecule has 0 unspecified atom stereocenters. The fraction of sp³-hybridized carbons (Fsp3) is 0.857. The second kappa shape index (κ2) is 4.78. The van der Waals surface area contributed by atoms with Gasteiger partial charge in [0, 0.05) is 12.6 Å². The number of carbonyl (C=O) groups is 2. The molecule has 0 aromatic carbocycles. The summed E-state index contributed by atoms with van der Waals surface area (Å²) < 4.78 is 0. The number of hydrogen-bond donors (Lipinski definition) is 1. The van der Waals surface area contributed by atoms with Crippen LogP contribution in [0, 0.1) is 0 Å². The van der Waals surface area contributed by atoms with Crippen LogP contribution in [0.3, 0.4) is 0 Å². The lowest BCUT2D eigenvalue weighted by Gasteiger charge is -2.37. The number of piperidine rings is 1. The first kappa shape index (κ1) is 12.9. The highest BCUT2D eigenvalue weighted by molar-refractivity contribution is 6.07. The van der Waals surface area contributed by atoms with E-state index >= 15 is 0 Å². The molecule has 2 heterocycles. The van der Waals surface area contributed by atoms with E-state index in [1.165, 1.54) is 0 Å². The van der Waals surface area contributed by atoms with Crippen LogP contribution < -0.4 is 5.32 Å². The molecule has 3 fully saturated rings. The molecule has 0 atom stereocenters. The Bertz CT molecular complexity index is 384. The molecular weight excluding hydrogens is 242 g/mol. The molecule has 2 aliphatic heterocycles. The first-order chi connectivity index (χ1) is 9.20. The Kier molecular flexibility index (Phi) is 3.25. The Morgan fingerprint density at radius 1 is 1.21 bits per heavy atom. The van der Waals surface area contributed by atoms with Crippen LogP contribution in [-0.4, -0.2) is 53.0 Å². The molecule has 5 nitrogen and oxygen atoms in total. The van der Waals surface area contributed by atoms with Gasteiger partial charge in [0.05, 0.1) is 0 Å². The Morgan fingerprint density at radius 2 is 1.84 bits per heavy atom. The third kappa shape index (κ3) is 1.78. The molecule has 0 bridgehead atoms. The molecule has 3 amide bonds. The molecule has 2 saturated heterocycles. The van der Waals surface area contributed by atoms with E-state index in [1.54, 1.807) is 4.90 Å². The summed E-state index contributed by atoms with van der Waals surface area (Å²) in [7, 11) is 0. The second-order valence-electron chi connectivity index (χ2n) is 5.92. The Hall–Kier alpha value is -1.10. The fourth-order valence-corrected chi connectivity index (χ4v) is 3.99. The van der Waals surface area contributed by atoms with Gasteiger partial charge in [-0.25, -0.2) is 4.79 Å². The van der Waals surface area contributed by atoms with Gasteiger partial charge in [-0.05, 0) is 45.7 Å². The highest BCUT2D eigenvalue weighted by Gasteiger charge is 2.58. The summed E-state index contributed by atoms with van der Waals surface area (Å²) in [6.45, 7) is 4.27. The summed E-state index contributed by atoms with van der Waals surface area (Å²) in [6.07, 6.45) is 5.78. The number of urea groups is 1. The van der Waals surface area contributed by atoms with Crippen molar-refractivity contribution in [1.29, 1.82) is 0 Å². The zero-order chi connectivity index (χ0) is 13.5. The molecule has 0 radical (unpaired) electrons. The predicted molar refractivity (Wildman–Crippen MR) is 71.7 cm³/mol. The first-order valence-electron chi connectivity index (χ1n) is 7.56. The largest absolute Gasteiger partial charge is 0.327 e. The Balaban J connectivity index is 1.92. The third-order valence-corrected chi connectivity index (χ3v) is 5.01. The number of rotatable bonds is 2. The maximum absolute atomic E-state index is 12.9. The minimum atomic E-state index is -0.542. The van der Waals surface area contributed by atoms with Crippen molar-refractivity contribution in [2.24, 2.45) is 0 Å². The molecule has 106 valence electrons. The molecule has 1 saturated carbocycles. The van der Waals surface area contributed by atoms with Crippen molar-refractivity contribution in [3.05, 3.63) is 0 Å². The van der Waals surface area contributed by atoms with Gasteiger partial charge in [0.2, 0.25) is 0 Å². The van der Waals surface area contributed by atoms with Gasteiger partial charge in [-0.15, -0.1) is 0 Å². The Labute approximate surface area is 114 Å². The topological polar surface area (TPSA) is 52.7 Å². The van der Waals surface area contributed by atoms with Crippen molar-refractivity contribution in [2.45, 2.75) is 57.0 Å². The van der Waals surface area contributed by atoms with Crippen LogP contribution in [0.25, 0.3) is 0 Å². The van der Waals surface area contributed by atoms with Crippen LogP contribution in [0.2, 0.25) is 0 Å². The average molecular weight is 265 g/mol. The van der Waals surface area contributed by atoms with E-state index < -0.39 is 5.54 Å². The summed E-state index contributed by atoms with van der Waals surface area (Å²) in [6, 6.07) is 0.115. The van der Waals surface area contributed by atoms with E-state index in [9.17, 15) is 9.59 Å². The van der Waals surface area contributed by atoms with Crippen LogP contribution in [-0.2, 0) is 4.79 Å². The zero-order valence-corrected chi connectivity index (χ0v) is 11.7. The van der Waals surface area contributed by atoms with Crippen molar-refractivity contribution in [3.63, 3.8) is 0 Å². The molecule has 5 heteroatoms. The van der Waals surface area contributed by atoms with E-state index in [0.29, 0.717) is 6.54 Å². The average Bonchev–Trinajstić information content (AvgIpc) is 2.99. The normalized spacial score (nSPS) is 27.8. The van der Waals surface area contributed by atoms with Gasteiger partial charge < -0.3 is 10.2 Å². The number of likely N-dealkylation sites (N-methyl/N-ethyl adjacent to an activating group) is 1. The zero-order valence-electron chi connectivity index (χ0n) is 11.7. The van der Waals surface area contributed by atoms with Gasteiger partial charge in [0.15, 0.2) is 0 Å². The second-order valence-corrected chi connectivity index (χ2v) is 5.92. The van der Waals surface area contributed by atoms with Crippen LogP contribution in [0.1, 0.15) is 45.4 Å². The lowest BCUT2D eigenvalue weighted by atomic mass is 9.86. The molecular formula is C14H23N3O2. The van der Waals surface area contributed by atoms with Crippen LogP contribution in [0.4, 0.5) is 4.79 Å². The van der Waals surface area contributed by atoms with Crippen molar-refractivity contribution in [2.75, 3.05) is 19.6 Å². The molecule has 0 aromatic rings. The van der Waals surface area contributed by atoms with Gasteiger partial charge in [0.25, 0.3) is 5.91 Å². The number of nitrogens with one attached hydrogen (secondary N) is 1. The third-order valence-electron chi connectivity index (χ3n) is 5.01. The summed E-state index contributed by atoms with van der Waals surface area (Å²) in [5, 5.41) is 3.29. The molecule has 19 heavy (non-hydrogen) atoms. The predicted octanol–water partition coefficient (Wildman–Crippen LogP) is 1.34. The summed E-state index contributed by atoms with van der Waals surface area (Å²) in [4.78, 5) is 28.9. The highest BCUT2D eigenvalue weighted by Crippen LogP contribution is 2.39. The van der Waals surface area contributed by atoms with Crippen molar-refractivity contribution in [1.82, 2.24) is 15.1 Å². The summed E-state index contributed by atoms with van der Waals surface area (Å²) >= 11 is 0. The molecule has 1 N–H and O–H groups in total. The molecule has 3 aliphatic rings. The van der Waals surface area contributed by atoms with Gasteiger partial charge in [-0.3, -0.25) is 9.69 Å². The molecule has 1 spiro atoms. The SMILES string of the molecule is CCN1C(=O)N(C2CCCC2)C(=O)C12CCNCC2. The van der Waals surface area contributed by atoms with E-state index in [1.807, 2.05) is 11.8 Å². The monoisotopic (exact) mass is 265 g/mol. The number of nitrogens with zero attached hydrogens (tertiary/aromatic N) is 2. The maximum Gasteiger partial charge on any atom is 0.327 e. The van der Waals surface area contributed by atoms with Gasteiger partial charge >= 0.3 is 6.03 Å². The first-order valence-corrected chi connectivity index (χ1v) is 7.56. The minimum absolute atomic E-state index is 0.0405. The molecule has 3 rings (SSSR count). The maximum atomic E-state index is 12.9. The number of amides is 3. The van der Waals surface area contributed by atoms with Crippen molar-refractivity contribution in [3.8, 4) is 0 Å². The van der Waals surface area contributed by atoms with E-state index in [-0.39, 0.29) is 18.0 Å². The van der Waals surface area contributed by atoms with Crippen LogP contribution in [0.15, 0.2) is 0 Å². The highest BCUT2D eigenvalue weighted by atomic mass is 16.2. The van der Waals surface area contributed by atoms with Crippen LogP contribution >= 0.6 is 0 Å². The smallest absolute Gasteiger partial charge is 0.317 e. The molecule has 0 aromatic heterocycles. The van der Waals surface area contributed by atoms with E-state index in [4.69, 9.17) is 0 Å². The van der Waals surface area contributed by atoms with E-state index in [0.717, 1.165) is 51.6 Å².